The van der Waals surface area contributed by atoms with Crippen LogP contribution in [-0.4, -0.2) is 7.11 Å². The third-order valence-corrected chi connectivity index (χ3v) is 3.27. The minimum atomic E-state index is -0.321. The van der Waals surface area contributed by atoms with Crippen molar-refractivity contribution in [2.24, 2.45) is 5.41 Å². The molecule has 0 aliphatic rings. The van der Waals surface area contributed by atoms with Gasteiger partial charge in [0.1, 0.15) is 5.75 Å². The summed E-state index contributed by atoms with van der Waals surface area (Å²) in [5, 5.41) is 9.11. The Kier molecular flexibility index (Phi) is 3.83. The number of nitriles is 1. The van der Waals surface area contributed by atoms with Gasteiger partial charge in [-0.2, -0.15) is 5.26 Å². The first kappa shape index (κ1) is 13.6. The first-order chi connectivity index (χ1) is 7.82. The Morgan fingerprint density at radius 3 is 2.29 bits per heavy atom. The van der Waals surface area contributed by atoms with Crippen LogP contribution in [0.1, 0.15) is 36.1 Å². The summed E-state index contributed by atoms with van der Waals surface area (Å²) in [4.78, 5) is 0. The van der Waals surface area contributed by atoms with Gasteiger partial charge >= 0.3 is 0 Å². The van der Waals surface area contributed by atoms with Gasteiger partial charge in [-0.15, -0.1) is 0 Å². The van der Waals surface area contributed by atoms with E-state index in [9.17, 15) is 0 Å². The molecule has 0 amide bonds. The van der Waals surface area contributed by atoms with Gasteiger partial charge in [0.15, 0.2) is 0 Å². The van der Waals surface area contributed by atoms with E-state index in [4.69, 9.17) is 10.00 Å². The van der Waals surface area contributed by atoms with E-state index in [-0.39, 0.29) is 5.41 Å². The summed E-state index contributed by atoms with van der Waals surface area (Å²) in [6, 6.07) is 4.49. The largest absolute Gasteiger partial charge is 0.496 e. The van der Waals surface area contributed by atoms with Crippen LogP contribution in [0.4, 0.5) is 0 Å². The second kappa shape index (κ2) is 4.79. The summed E-state index contributed by atoms with van der Waals surface area (Å²) in [5.74, 6) is 0.959. The minimum Gasteiger partial charge on any atom is -0.496 e. The van der Waals surface area contributed by atoms with Crippen molar-refractivity contribution in [3.8, 4) is 11.8 Å². The predicted octanol–water partition coefficient (Wildman–Crippen LogP) is 3.71. The highest BCUT2D eigenvalue weighted by molar-refractivity contribution is 5.49. The molecule has 2 heteroatoms. The first-order valence-electron chi connectivity index (χ1n) is 5.87. The predicted molar refractivity (Wildman–Crippen MR) is 70.3 cm³/mol. The Labute approximate surface area is 104 Å². The van der Waals surface area contributed by atoms with Crippen molar-refractivity contribution in [1.29, 1.82) is 5.26 Å². The fourth-order valence-electron chi connectivity index (χ4n) is 2.16. The number of hydrogen-bond donors (Lipinski definition) is 0. The van der Waals surface area contributed by atoms with Gasteiger partial charge in [-0.25, -0.2) is 0 Å². The van der Waals surface area contributed by atoms with Crippen molar-refractivity contribution in [3.05, 3.63) is 28.3 Å². The molecule has 0 fully saturated rings. The van der Waals surface area contributed by atoms with Crippen LogP contribution in [0.5, 0.6) is 5.75 Å². The lowest BCUT2D eigenvalue weighted by Crippen LogP contribution is -2.13. The van der Waals surface area contributed by atoms with E-state index in [1.54, 1.807) is 7.11 Å². The molecule has 1 rings (SSSR count). The standard InChI is InChI=1S/C15H21NO/c1-10-7-13(8-15(4,5)9-16)11(2)12(3)14(10)17-6/h7H,8H2,1-6H3. The van der Waals surface area contributed by atoms with E-state index in [1.165, 1.54) is 16.7 Å². The summed E-state index contributed by atoms with van der Waals surface area (Å²) in [6.07, 6.45) is 0.779. The molecule has 0 saturated carbocycles. The van der Waals surface area contributed by atoms with Gasteiger partial charge < -0.3 is 4.74 Å². The monoisotopic (exact) mass is 231 g/mol. The number of methoxy groups -OCH3 is 1. The van der Waals surface area contributed by atoms with E-state index in [1.807, 2.05) is 20.8 Å². The number of rotatable bonds is 3. The van der Waals surface area contributed by atoms with E-state index in [2.05, 4.69) is 26.0 Å². The topological polar surface area (TPSA) is 33.0 Å². The smallest absolute Gasteiger partial charge is 0.124 e. The summed E-state index contributed by atoms with van der Waals surface area (Å²) in [7, 11) is 1.70. The van der Waals surface area contributed by atoms with Gasteiger partial charge in [-0.3, -0.25) is 0 Å². The molecule has 0 aliphatic carbocycles. The van der Waals surface area contributed by atoms with Crippen molar-refractivity contribution >= 4 is 0 Å². The molecule has 0 aromatic heterocycles. The Morgan fingerprint density at radius 1 is 1.24 bits per heavy atom. The Balaban J connectivity index is 3.25. The number of nitrogens with zero attached hydrogens (tertiary/aromatic N) is 1. The summed E-state index contributed by atoms with van der Waals surface area (Å²) in [6.45, 7) is 10.2. The maximum atomic E-state index is 9.11. The van der Waals surface area contributed by atoms with Crippen LogP contribution in [0.15, 0.2) is 6.07 Å². The van der Waals surface area contributed by atoms with Crippen molar-refractivity contribution in [2.45, 2.75) is 41.0 Å². The van der Waals surface area contributed by atoms with Crippen LogP contribution in [0.3, 0.4) is 0 Å². The molecule has 0 heterocycles. The fourth-order valence-corrected chi connectivity index (χ4v) is 2.16. The van der Waals surface area contributed by atoms with Gasteiger partial charge in [0, 0.05) is 0 Å². The third-order valence-electron chi connectivity index (χ3n) is 3.27. The third kappa shape index (κ3) is 2.79. The minimum absolute atomic E-state index is 0.321. The fraction of sp³-hybridized carbons (Fsp3) is 0.533. The lowest BCUT2D eigenvalue weighted by atomic mass is 9.84. The lowest BCUT2D eigenvalue weighted by molar-refractivity contribution is 0.407. The Hall–Kier alpha value is -1.49. The maximum Gasteiger partial charge on any atom is 0.124 e. The molecule has 0 atom stereocenters. The SMILES string of the molecule is COc1c(C)cc(CC(C)(C)C#N)c(C)c1C. The molecule has 0 radical (unpaired) electrons. The van der Waals surface area contributed by atoms with Gasteiger partial charge in [-0.1, -0.05) is 6.07 Å². The van der Waals surface area contributed by atoms with E-state index in [0.717, 1.165) is 17.7 Å². The first-order valence-corrected chi connectivity index (χ1v) is 5.87. The second-order valence-electron chi connectivity index (χ2n) is 5.31. The summed E-state index contributed by atoms with van der Waals surface area (Å²) in [5.41, 5.74) is 4.47. The average molecular weight is 231 g/mol. The molecule has 0 bridgehead atoms. The highest BCUT2D eigenvalue weighted by atomic mass is 16.5. The molecular weight excluding hydrogens is 210 g/mol. The van der Waals surface area contributed by atoms with Crippen molar-refractivity contribution < 1.29 is 4.74 Å². The van der Waals surface area contributed by atoms with Crippen LogP contribution >= 0.6 is 0 Å². The van der Waals surface area contributed by atoms with Crippen LogP contribution in [0.25, 0.3) is 0 Å². The van der Waals surface area contributed by atoms with E-state index in [0.29, 0.717) is 0 Å². The molecule has 2 nitrogen and oxygen atoms in total. The zero-order valence-corrected chi connectivity index (χ0v) is 11.6. The number of ether oxygens (including phenoxy) is 1. The van der Waals surface area contributed by atoms with E-state index >= 15 is 0 Å². The summed E-state index contributed by atoms with van der Waals surface area (Å²) >= 11 is 0. The molecule has 0 spiro atoms. The van der Waals surface area contributed by atoms with Crippen LogP contribution < -0.4 is 4.74 Å². The van der Waals surface area contributed by atoms with Crippen molar-refractivity contribution in [3.63, 3.8) is 0 Å². The molecule has 0 saturated heterocycles. The zero-order chi connectivity index (χ0) is 13.2. The molecule has 0 N–H and O–H groups in total. The lowest BCUT2D eigenvalue weighted by Gasteiger charge is -2.20. The van der Waals surface area contributed by atoms with Crippen LogP contribution in [-0.2, 0) is 6.42 Å². The molecule has 92 valence electrons. The van der Waals surface area contributed by atoms with Gasteiger partial charge in [0.2, 0.25) is 0 Å². The number of aryl methyl sites for hydroxylation is 1. The Bertz CT molecular complexity index is 467. The number of benzene rings is 1. The normalized spacial score (nSPS) is 11.1. The van der Waals surface area contributed by atoms with Crippen molar-refractivity contribution in [2.75, 3.05) is 7.11 Å². The Morgan fingerprint density at radius 2 is 1.82 bits per heavy atom. The molecule has 0 unspecified atom stereocenters. The molecule has 1 aromatic carbocycles. The second-order valence-corrected chi connectivity index (χ2v) is 5.31. The quantitative estimate of drug-likeness (QED) is 0.794. The number of hydrogen-bond acceptors (Lipinski definition) is 2. The molecule has 0 aliphatic heterocycles. The van der Waals surface area contributed by atoms with Gasteiger partial charge in [-0.05, 0) is 63.3 Å². The van der Waals surface area contributed by atoms with Gasteiger partial charge in [0.25, 0.3) is 0 Å². The molecular formula is C15H21NO. The molecule has 17 heavy (non-hydrogen) atoms. The van der Waals surface area contributed by atoms with Crippen LogP contribution in [0, 0.1) is 37.5 Å². The zero-order valence-electron chi connectivity index (χ0n) is 11.6. The summed E-state index contributed by atoms with van der Waals surface area (Å²) < 4.78 is 5.40. The average Bonchev–Trinajstić information content (AvgIpc) is 2.26. The highest BCUT2D eigenvalue weighted by Crippen LogP contribution is 2.31. The van der Waals surface area contributed by atoms with Crippen LogP contribution in [0.2, 0.25) is 0 Å². The van der Waals surface area contributed by atoms with Gasteiger partial charge in [0.05, 0.1) is 18.6 Å². The maximum absolute atomic E-state index is 9.11. The highest BCUT2D eigenvalue weighted by Gasteiger charge is 2.20. The molecule has 1 aromatic rings. The van der Waals surface area contributed by atoms with Crippen molar-refractivity contribution in [1.82, 2.24) is 0 Å². The van der Waals surface area contributed by atoms with E-state index < -0.39 is 0 Å².